The van der Waals surface area contributed by atoms with E-state index in [0.717, 1.165) is 36.8 Å². The number of nitro benzene ring substituents is 1. The smallest absolute Gasteiger partial charge is 0.269 e. The van der Waals surface area contributed by atoms with Gasteiger partial charge in [0.25, 0.3) is 5.69 Å². The van der Waals surface area contributed by atoms with Crippen molar-refractivity contribution in [1.29, 1.82) is 0 Å². The third kappa shape index (κ3) is 9.72. The molecule has 324 valence electrons. The molecule has 0 bridgehead atoms. The third-order valence-electron chi connectivity index (χ3n) is 11.8. The third-order valence-corrected chi connectivity index (χ3v) is 11.8. The van der Waals surface area contributed by atoms with Crippen molar-refractivity contribution in [3.05, 3.63) is 118 Å². The van der Waals surface area contributed by atoms with Gasteiger partial charge in [0.05, 0.1) is 35.8 Å². The minimum Gasteiger partial charge on any atom is -0.496 e. The van der Waals surface area contributed by atoms with Crippen LogP contribution in [-0.2, 0) is 14.4 Å². The molecule has 1 fully saturated rings. The highest BCUT2D eigenvalue weighted by molar-refractivity contribution is 6.03. The van der Waals surface area contributed by atoms with Gasteiger partial charge in [-0.3, -0.25) is 19.7 Å². The number of methoxy groups -OCH3 is 1. The SMILES string of the molecule is C=CCO[C@@]12Oc3ccc(Oc4ccc(OC)c(C=O)c4)cc3[C@H]3[C@H](CCCCO)[C@@H](CCCCO)C=C(C(=NOCC)C[C@@H]1N(C)C(=O)C=Cc1ccc([N+](=O)[O-])cc1)[C@H]32. The predicted molar refractivity (Wildman–Crippen MR) is 230 cm³/mol. The van der Waals surface area contributed by atoms with Crippen LogP contribution in [0.4, 0.5) is 5.69 Å². The molecule has 1 aliphatic heterocycles. The molecule has 2 aliphatic carbocycles. The summed E-state index contributed by atoms with van der Waals surface area (Å²) in [5.41, 5.74) is 3.34. The number of allylic oxidation sites excluding steroid dienone is 1. The quantitative estimate of drug-likeness (QED) is 0.0265. The molecule has 0 aromatic heterocycles. The number of aliphatic hydroxyl groups excluding tert-OH is 2. The summed E-state index contributed by atoms with van der Waals surface area (Å²) in [5, 5.41) is 35.7. The first-order valence-electron chi connectivity index (χ1n) is 20.8. The first-order chi connectivity index (χ1) is 29.6. The van der Waals surface area contributed by atoms with Crippen molar-refractivity contribution in [2.24, 2.45) is 22.9 Å². The summed E-state index contributed by atoms with van der Waals surface area (Å²) in [6, 6.07) is 15.9. The molecule has 14 heteroatoms. The van der Waals surface area contributed by atoms with Crippen LogP contribution >= 0.6 is 0 Å². The van der Waals surface area contributed by atoms with Crippen LogP contribution in [0.15, 0.2) is 96.2 Å². The van der Waals surface area contributed by atoms with E-state index in [0.29, 0.717) is 65.6 Å². The number of fused-ring (bicyclic) bond motifs is 2. The number of likely N-dealkylation sites (N-methyl/N-ethyl adjacent to an activating group) is 1. The fourth-order valence-electron chi connectivity index (χ4n) is 9.08. The molecule has 3 aromatic rings. The summed E-state index contributed by atoms with van der Waals surface area (Å²) in [6.45, 7) is 6.38. The van der Waals surface area contributed by atoms with Gasteiger partial charge in [-0.2, -0.15) is 0 Å². The Morgan fingerprint density at radius 1 is 1.05 bits per heavy atom. The lowest BCUT2D eigenvalue weighted by atomic mass is 9.55. The molecular formula is C47H55N3O11. The number of amides is 1. The topological polar surface area (TPSA) is 179 Å². The van der Waals surface area contributed by atoms with Gasteiger partial charge in [-0.15, -0.1) is 6.58 Å². The van der Waals surface area contributed by atoms with Crippen LogP contribution in [0, 0.1) is 27.9 Å². The van der Waals surface area contributed by atoms with Crippen LogP contribution in [-0.4, -0.2) is 90.4 Å². The van der Waals surface area contributed by atoms with E-state index in [1.807, 2.05) is 19.1 Å². The molecule has 1 heterocycles. The highest BCUT2D eigenvalue weighted by Gasteiger charge is 2.65. The van der Waals surface area contributed by atoms with Crippen molar-refractivity contribution >= 4 is 29.7 Å². The number of non-ortho nitro benzene ring substituents is 1. The molecule has 0 unspecified atom stereocenters. The molecular weight excluding hydrogens is 783 g/mol. The molecule has 1 saturated carbocycles. The number of carbonyl (C=O) groups excluding carboxylic acids is 2. The van der Waals surface area contributed by atoms with E-state index >= 15 is 0 Å². The number of hydrogen-bond donors (Lipinski definition) is 2. The molecule has 3 aromatic carbocycles. The number of nitrogens with zero attached hydrogens (tertiary/aromatic N) is 3. The number of hydrogen-bond acceptors (Lipinski definition) is 12. The summed E-state index contributed by atoms with van der Waals surface area (Å²) in [6.07, 6.45) is 12.3. The average Bonchev–Trinajstić information content (AvgIpc) is 3.27. The molecule has 2 N–H and O–H groups in total. The number of ether oxygens (including phenoxy) is 4. The minimum atomic E-state index is -1.45. The number of oxime groups is 1. The average molecular weight is 838 g/mol. The second kappa shape index (κ2) is 20.6. The maximum Gasteiger partial charge on any atom is 0.269 e. The summed E-state index contributed by atoms with van der Waals surface area (Å²) in [7, 11) is 3.20. The van der Waals surface area contributed by atoms with Crippen LogP contribution in [0.25, 0.3) is 6.08 Å². The van der Waals surface area contributed by atoms with Crippen LogP contribution in [0.5, 0.6) is 23.0 Å². The van der Waals surface area contributed by atoms with Gasteiger partial charge in [-0.05, 0) is 110 Å². The molecule has 6 rings (SSSR count). The van der Waals surface area contributed by atoms with Gasteiger partial charge >= 0.3 is 0 Å². The van der Waals surface area contributed by atoms with Crippen LogP contribution in [0.3, 0.4) is 0 Å². The standard InChI is InChI=1S/C47H55N3O11/c1-5-25-58-47-43(49(3)44(54)22-15-31-13-16-34(17-14-31)50(55)56)29-40(48-59-6-2)38-27-32(11-7-9-23-51)37(12-8-10-24-52)45(46(38)47)39-28-36(19-21-42(39)61-47)60-35-18-20-41(57-4)33(26-35)30-53/h5,13-22,26-28,30,32,37,43,45-46,51-52H,1,6-12,23-25,29H2,2-4H3/t32-,37+,43-,45+,46+,47+/m0/s1. The lowest BCUT2D eigenvalue weighted by Gasteiger charge is -2.59. The van der Waals surface area contributed by atoms with E-state index in [1.165, 1.54) is 25.3 Å². The molecule has 61 heavy (non-hydrogen) atoms. The highest BCUT2D eigenvalue weighted by atomic mass is 16.7. The van der Waals surface area contributed by atoms with Gasteiger partial charge in [0.15, 0.2) is 6.29 Å². The van der Waals surface area contributed by atoms with Gasteiger partial charge in [0, 0.05) is 56.4 Å². The van der Waals surface area contributed by atoms with Crippen molar-refractivity contribution in [3.63, 3.8) is 0 Å². The Morgan fingerprint density at radius 3 is 2.44 bits per heavy atom. The van der Waals surface area contributed by atoms with E-state index in [2.05, 4.69) is 12.7 Å². The second-order valence-corrected chi connectivity index (χ2v) is 15.4. The Hall–Kier alpha value is -5.83. The molecule has 0 saturated heterocycles. The first kappa shape index (κ1) is 44.7. The van der Waals surface area contributed by atoms with Gasteiger partial charge in [-0.25, -0.2) is 0 Å². The van der Waals surface area contributed by atoms with E-state index in [1.54, 1.807) is 60.5 Å². The Balaban J connectivity index is 1.52. The largest absolute Gasteiger partial charge is 0.496 e. The highest BCUT2D eigenvalue weighted by Crippen LogP contribution is 2.62. The molecule has 14 nitrogen and oxygen atoms in total. The first-order valence-corrected chi connectivity index (χ1v) is 20.8. The van der Waals surface area contributed by atoms with Gasteiger partial charge in [-0.1, -0.05) is 30.1 Å². The molecule has 0 spiro atoms. The Bertz CT molecular complexity index is 2130. The maximum atomic E-state index is 14.3. The molecule has 0 radical (unpaired) electrons. The molecule has 3 aliphatic rings. The Morgan fingerprint density at radius 2 is 1.77 bits per heavy atom. The summed E-state index contributed by atoms with van der Waals surface area (Å²) in [5.74, 6) is -0.599. The van der Waals surface area contributed by atoms with E-state index in [4.69, 9.17) is 28.9 Å². The zero-order chi connectivity index (χ0) is 43.5. The van der Waals surface area contributed by atoms with Gasteiger partial charge in [0.2, 0.25) is 11.7 Å². The normalized spacial score (nSPS) is 23.3. The number of carbonyl (C=O) groups is 2. The lowest BCUT2D eigenvalue weighted by molar-refractivity contribution is -0.384. The number of aliphatic hydroxyl groups is 2. The number of nitro groups is 1. The van der Waals surface area contributed by atoms with Gasteiger partial charge < -0.3 is 38.9 Å². The fourth-order valence-corrected chi connectivity index (χ4v) is 9.08. The van der Waals surface area contributed by atoms with E-state index in [9.17, 15) is 29.9 Å². The predicted octanol–water partition coefficient (Wildman–Crippen LogP) is 8.03. The van der Waals surface area contributed by atoms with Crippen molar-refractivity contribution < 1.29 is 48.5 Å². The van der Waals surface area contributed by atoms with Crippen molar-refractivity contribution in [2.45, 2.75) is 69.6 Å². The zero-order valence-electron chi connectivity index (χ0n) is 34.9. The van der Waals surface area contributed by atoms with Crippen molar-refractivity contribution in [1.82, 2.24) is 4.90 Å². The number of aldehydes is 1. The summed E-state index contributed by atoms with van der Waals surface area (Å²) in [4.78, 5) is 44.3. The van der Waals surface area contributed by atoms with Crippen molar-refractivity contribution in [2.75, 3.05) is 40.6 Å². The van der Waals surface area contributed by atoms with E-state index in [-0.39, 0.29) is 55.6 Å². The summed E-state index contributed by atoms with van der Waals surface area (Å²) >= 11 is 0. The Labute approximate surface area is 356 Å². The number of benzene rings is 3. The second-order valence-electron chi connectivity index (χ2n) is 15.4. The molecule has 1 amide bonds. The Kier molecular flexibility index (Phi) is 15.1. The van der Waals surface area contributed by atoms with Gasteiger partial charge in [0.1, 0.15) is 35.6 Å². The molecule has 6 atom stereocenters. The van der Waals surface area contributed by atoms with Crippen molar-refractivity contribution in [3.8, 4) is 23.0 Å². The van der Waals surface area contributed by atoms with Crippen LogP contribution in [0.1, 0.15) is 79.3 Å². The lowest BCUT2D eigenvalue weighted by Crippen LogP contribution is -2.69. The maximum absolute atomic E-state index is 14.3. The fraction of sp³-hybridized carbons (Fsp3) is 0.426. The monoisotopic (exact) mass is 837 g/mol. The van der Waals surface area contributed by atoms with E-state index < -0.39 is 22.7 Å². The van der Waals surface area contributed by atoms with Crippen LogP contribution in [0.2, 0.25) is 0 Å². The number of rotatable bonds is 21. The zero-order valence-corrected chi connectivity index (χ0v) is 34.9. The minimum absolute atomic E-state index is 0.00128. The van der Waals surface area contributed by atoms with Crippen LogP contribution < -0.4 is 14.2 Å². The summed E-state index contributed by atoms with van der Waals surface area (Å²) < 4.78 is 25.9. The number of unbranched alkanes of at least 4 members (excludes halogenated alkanes) is 2.